The summed E-state index contributed by atoms with van der Waals surface area (Å²) in [6, 6.07) is 6.47. The molecule has 0 aliphatic heterocycles. The molecule has 0 bridgehead atoms. The van der Waals surface area contributed by atoms with Crippen LogP contribution in [0.5, 0.6) is 5.75 Å². The van der Waals surface area contributed by atoms with Gasteiger partial charge in [0.2, 0.25) is 0 Å². The van der Waals surface area contributed by atoms with Gasteiger partial charge in [0.25, 0.3) is 0 Å². The summed E-state index contributed by atoms with van der Waals surface area (Å²) in [6.45, 7) is 17.1. The summed E-state index contributed by atoms with van der Waals surface area (Å²) < 4.78 is 5.99. The Morgan fingerprint density at radius 3 is 2.25 bits per heavy atom. The molecule has 20 heavy (non-hydrogen) atoms. The van der Waals surface area contributed by atoms with E-state index in [0.717, 1.165) is 25.3 Å². The molecule has 0 heterocycles. The first-order valence-electron chi connectivity index (χ1n) is 7.58. The summed E-state index contributed by atoms with van der Waals surface area (Å²) in [5, 5.41) is 3.48. The molecule has 0 aromatic heterocycles. The van der Waals surface area contributed by atoms with Crippen LogP contribution in [0.4, 0.5) is 0 Å². The Labute approximate surface area is 124 Å². The van der Waals surface area contributed by atoms with Crippen LogP contribution < -0.4 is 10.1 Å². The summed E-state index contributed by atoms with van der Waals surface area (Å²) >= 11 is 0. The molecule has 1 rings (SSSR count). The zero-order valence-electron chi connectivity index (χ0n) is 14.3. The molecule has 0 atom stereocenters. The minimum atomic E-state index is 0.116. The maximum Gasteiger partial charge on any atom is 0.123 e. The molecular formula is C18H31NO. The number of benzene rings is 1. The highest BCUT2D eigenvalue weighted by Crippen LogP contribution is 2.32. The van der Waals surface area contributed by atoms with Crippen molar-refractivity contribution in [1.82, 2.24) is 5.32 Å². The van der Waals surface area contributed by atoms with E-state index in [-0.39, 0.29) is 11.0 Å². The van der Waals surface area contributed by atoms with Crippen LogP contribution in [-0.2, 0) is 5.41 Å². The molecular weight excluding hydrogens is 246 g/mol. The number of rotatable bonds is 5. The van der Waals surface area contributed by atoms with E-state index < -0.39 is 0 Å². The summed E-state index contributed by atoms with van der Waals surface area (Å²) in [5.41, 5.74) is 2.88. The standard InChI is InChI=1S/C18H31NO/c1-14-9-10-16(15(13-14)17(2,3)4)20-12-8-11-19-18(5,6)7/h9-10,13,19H,8,11-12H2,1-7H3. The molecule has 0 fully saturated rings. The van der Waals surface area contributed by atoms with Crippen LogP contribution in [0.15, 0.2) is 18.2 Å². The smallest absolute Gasteiger partial charge is 0.123 e. The lowest BCUT2D eigenvalue weighted by Crippen LogP contribution is -2.36. The van der Waals surface area contributed by atoms with Crippen LogP contribution in [-0.4, -0.2) is 18.7 Å². The predicted molar refractivity (Wildman–Crippen MR) is 87.7 cm³/mol. The molecule has 0 amide bonds. The molecule has 0 unspecified atom stereocenters. The van der Waals surface area contributed by atoms with Gasteiger partial charge in [0.1, 0.15) is 5.75 Å². The minimum absolute atomic E-state index is 0.116. The Kier molecular flexibility index (Phi) is 5.64. The molecule has 1 aromatic rings. The van der Waals surface area contributed by atoms with Gasteiger partial charge in [-0.2, -0.15) is 0 Å². The second kappa shape index (κ2) is 6.62. The van der Waals surface area contributed by atoms with Crippen LogP contribution in [0.2, 0.25) is 0 Å². The SMILES string of the molecule is Cc1ccc(OCCCNC(C)(C)C)c(C(C)(C)C)c1. The first-order chi connectivity index (χ1) is 9.09. The van der Waals surface area contributed by atoms with E-state index in [9.17, 15) is 0 Å². The van der Waals surface area contributed by atoms with Crippen molar-refractivity contribution in [2.75, 3.05) is 13.2 Å². The highest BCUT2D eigenvalue weighted by molar-refractivity contribution is 5.41. The third-order valence-corrected chi connectivity index (χ3v) is 3.18. The molecule has 2 nitrogen and oxygen atoms in total. The van der Waals surface area contributed by atoms with Crippen molar-refractivity contribution in [3.63, 3.8) is 0 Å². The highest BCUT2D eigenvalue weighted by Gasteiger charge is 2.19. The first-order valence-corrected chi connectivity index (χ1v) is 7.58. The quantitative estimate of drug-likeness (QED) is 0.803. The van der Waals surface area contributed by atoms with E-state index in [1.54, 1.807) is 0 Å². The minimum Gasteiger partial charge on any atom is -0.493 e. The predicted octanol–water partition coefficient (Wildman–Crippen LogP) is 4.45. The molecule has 0 saturated heterocycles. The van der Waals surface area contributed by atoms with Gasteiger partial charge in [0.15, 0.2) is 0 Å². The fraction of sp³-hybridized carbons (Fsp3) is 0.667. The molecule has 114 valence electrons. The van der Waals surface area contributed by atoms with Gasteiger partial charge < -0.3 is 10.1 Å². The molecule has 0 saturated carbocycles. The monoisotopic (exact) mass is 277 g/mol. The maximum absolute atomic E-state index is 5.99. The van der Waals surface area contributed by atoms with Crippen LogP contribution in [0.25, 0.3) is 0 Å². The van der Waals surface area contributed by atoms with Gasteiger partial charge in [-0.05, 0) is 57.7 Å². The van der Waals surface area contributed by atoms with E-state index in [1.807, 2.05) is 0 Å². The summed E-state index contributed by atoms with van der Waals surface area (Å²) in [7, 11) is 0. The summed E-state index contributed by atoms with van der Waals surface area (Å²) in [4.78, 5) is 0. The van der Waals surface area contributed by atoms with Gasteiger partial charge in [0.05, 0.1) is 6.61 Å². The number of hydrogen-bond donors (Lipinski definition) is 1. The molecule has 2 heteroatoms. The molecule has 0 radical (unpaired) electrons. The Bertz CT molecular complexity index is 424. The Balaban J connectivity index is 2.56. The summed E-state index contributed by atoms with van der Waals surface area (Å²) in [6.07, 6.45) is 1.02. The Morgan fingerprint density at radius 1 is 1.05 bits per heavy atom. The van der Waals surface area contributed by atoms with Crippen LogP contribution in [0.3, 0.4) is 0 Å². The van der Waals surface area contributed by atoms with Crippen LogP contribution in [0.1, 0.15) is 59.1 Å². The molecule has 0 aliphatic carbocycles. The second-order valence-corrected chi connectivity index (χ2v) is 7.63. The largest absolute Gasteiger partial charge is 0.493 e. The Hall–Kier alpha value is -1.02. The van der Waals surface area contributed by atoms with Gasteiger partial charge in [-0.25, -0.2) is 0 Å². The van der Waals surface area contributed by atoms with Gasteiger partial charge in [0, 0.05) is 5.54 Å². The fourth-order valence-corrected chi connectivity index (χ4v) is 2.07. The average Bonchev–Trinajstić information content (AvgIpc) is 2.27. The lowest BCUT2D eigenvalue weighted by molar-refractivity contribution is 0.291. The van der Waals surface area contributed by atoms with Crippen molar-refractivity contribution in [1.29, 1.82) is 0 Å². The highest BCUT2D eigenvalue weighted by atomic mass is 16.5. The molecule has 0 spiro atoms. The van der Waals surface area contributed by atoms with Crippen molar-refractivity contribution in [2.45, 2.75) is 65.8 Å². The van der Waals surface area contributed by atoms with Gasteiger partial charge >= 0.3 is 0 Å². The van der Waals surface area contributed by atoms with Gasteiger partial charge in [-0.15, -0.1) is 0 Å². The zero-order valence-corrected chi connectivity index (χ0v) is 14.3. The first kappa shape index (κ1) is 17.0. The third-order valence-electron chi connectivity index (χ3n) is 3.18. The van der Waals surface area contributed by atoms with Crippen molar-refractivity contribution in [3.8, 4) is 5.75 Å². The maximum atomic E-state index is 5.99. The van der Waals surface area contributed by atoms with E-state index in [1.165, 1.54) is 11.1 Å². The average molecular weight is 277 g/mol. The number of ether oxygens (including phenoxy) is 1. The van der Waals surface area contributed by atoms with E-state index in [0.29, 0.717) is 0 Å². The topological polar surface area (TPSA) is 21.3 Å². The van der Waals surface area contributed by atoms with E-state index in [2.05, 4.69) is 72.0 Å². The Morgan fingerprint density at radius 2 is 1.70 bits per heavy atom. The fourth-order valence-electron chi connectivity index (χ4n) is 2.07. The molecule has 1 N–H and O–H groups in total. The lowest BCUT2D eigenvalue weighted by atomic mass is 9.85. The normalized spacial score (nSPS) is 12.6. The second-order valence-electron chi connectivity index (χ2n) is 7.63. The zero-order chi connectivity index (χ0) is 15.4. The number of hydrogen-bond acceptors (Lipinski definition) is 2. The molecule has 1 aromatic carbocycles. The lowest BCUT2D eigenvalue weighted by Gasteiger charge is -2.24. The molecule has 0 aliphatic rings. The third kappa shape index (κ3) is 5.96. The van der Waals surface area contributed by atoms with Crippen molar-refractivity contribution in [3.05, 3.63) is 29.3 Å². The van der Waals surface area contributed by atoms with Crippen LogP contribution in [0, 0.1) is 6.92 Å². The van der Waals surface area contributed by atoms with Gasteiger partial charge in [-0.3, -0.25) is 0 Å². The van der Waals surface area contributed by atoms with E-state index >= 15 is 0 Å². The number of nitrogens with one attached hydrogen (secondary N) is 1. The van der Waals surface area contributed by atoms with Gasteiger partial charge in [-0.1, -0.05) is 38.5 Å². The van der Waals surface area contributed by atoms with Crippen molar-refractivity contribution in [2.24, 2.45) is 0 Å². The van der Waals surface area contributed by atoms with Crippen molar-refractivity contribution < 1.29 is 4.74 Å². The van der Waals surface area contributed by atoms with E-state index in [4.69, 9.17) is 4.74 Å². The summed E-state index contributed by atoms with van der Waals surface area (Å²) in [5.74, 6) is 1.03. The van der Waals surface area contributed by atoms with Crippen molar-refractivity contribution >= 4 is 0 Å². The number of aryl methyl sites for hydroxylation is 1. The van der Waals surface area contributed by atoms with Crippen LogP contribution >= 0.6 is 0 Å².